The number of carbonyl (C=O) groups excluding carboxylic acids is 2. The Kier molecular flexibility index (Phi) is 5.90. The van der Waals surface area contributed by atoms with E-state index >= 15 is 0 Å². The third kappa shape index (κ3) is 4.36. The maximum Gasteiger partial charge on any atom is 0.409 e. The Bertz CT molecular complexity index is 799. The van der Waals surface area contributed by atoms with Gasteiger partial charge in [0.1, 0.15) is 0 Å². The Morgan fingerprint density at radius 1 is 1.00 bits per heavy atom. The molecule has 27 heavy (non-hydrogen) atoms. The first-order chi connectivity index (χ1) is 13.1. The first-order valence-electron chi connectivity index (χ1n) is 8.95. The second kappa shape index (κ2) is 8.53. The number of piperazine rings is 1. The second-order valence-corrected chi connectivity index (χ2v) is 6.12. The van der Waals surface area contributed by atoms with Gasteiger partial charge in [0.25, 0.3) is 5.91 Å². The largest absolute Gasteiger partial charge is 0.481 e. The van der Waals surface area contributed by atoms with Gasteiger partial charge in [-0.15, -0.1) is 0 Å². The molecule has 0 bridgehead atoms. The van der Waals surface area contributed by atoms with Crippen LogP contribution in [0.4, 0.5) is 4.79 Å². The highest BCUT2D eigenvalue weighted by molar-refractivity contribution is 5.94. The summed E-state index contributed by atoms with van der Waals surface area (Å²) in [5.74, 6) is 0.510. The fourth-order valence-corrected chi connectivity index (χ4v) is 2.96. The summed E-state index contributed by atoms with van der Waals surface area (Å²) in [6.45, 7) is 4.09. The minimum absolute atomic E-state index is 0.0383. The lowest BCUT2D eigenvalue weighted by Gasteiger charge is -2.34. The van der Waals surface area contributed by atoms with Gasteiger partial charge in [0, 0.05) is 43.4 Å². The number of rotatable bonds is 4. The summed E-state index contributed by atoms with van der Waals surface area (Å²) in [7, 11) is 1.58. The van der Waals surface area contributed by atoms with Gasteiger partial charge in [-0.2, -0.15) is 0 Å². The van der Waals surface area contributed by atoms with Crippen LogP contribution in [0.25, 0.3) is 11.3 Å². The van der Waals surface area contributed by atoms with Crippen LogP contribution in [-0.2, 0) is 4.74 Å². The number of ether oxygens (including phenoxy) is 2. The van der Waals surface area contributed by atoms with Crippen molar-refractivity contribution in [3.05, 3.63) is 48.0 Å². The molecule has 1 aromatic heterocycles. The van der Waals surface area contributed by atoms with Crippen molar-refractivity contribution < 1.29 is 19.1 Å². The molecule has 0 unspecified atom stereocenters. The van der Waals surface area contributed by atoms with Crippen molar-refractivity contribution in [3.8, 4) is 17.1 Å². The Morgan fingerprint density at radius 2 is 1.67 bits per heavy atom. The molecule has 1 aromatic carbocycles. The van der Waals surface area contributed by atoms with Gasteiger partial charge in [-0.05, 0) is 25.1 Å². The number of benzene rings is 1. The molecule has 3 rings (SSSR count). The van der Waals surface area contributed by atoms with E-state index in [0.717, 1.165) is 11.3 Å². The number of nitrogens with zero attached hydrogens (tertiary/aromatic N) is 3. The smallest absolute Gasteiger partial charge is 0.409 e. The van der Waals surface area contributed by atoms with E-state index in [0.29, 0.717) is 44.2 Å². The molecule has 7 heteroatoms. The number of hydrogen-bond acceptors (Lipinski definition) is 5. The van der Waals surface area contributed by atoms with E-state index in [1.165, 1.54) is 0 Å². The van der Waals surface area contributed by atoms with Crippen LogP contribution in [-0.4, -0.2) is 66.7 Å². The van der Waals surface area contributed by atoms with Crippen LogP contribution in [0.15, 0.2) is 42.5 Å². The summed E-state index contributed by atoms with van der Waals surface area (Å²) < 4.78 is 10.2. The van der Waals surface area contributed by atoms with Gasteiger partial charge in [0.15, 0.2) is 0 Å². The average molecular weight is 369 g/mol. The predicted octanol–water partition coefficient (Wildman–Crippen LogP) is 2.67. The van der Waals surface area contributed by atoms with Gasteiger partial charge < -0.3 is 19.3 Å². The first kappa shape index (κ1) is 18.7. The molecule has 142 valence electrons. The fourth-order valence-electron chi connectivity index (χ4n) is 2.96. The van der Waals surface area contributed by atoms with E-state index in [1.54, 1.807) is 42.0 Å². The molecule has 2 amide bonds. The van der Waals surface area contributed by atoms with Crippen LogP contribution >= 0.6 is 0 Å². The van der Waals surface area contributed by atoms with Crippen LogP contribution in [0.1, 0.15) is 17.3 Å². The Labute approximate surface area is 158 Å². The maximum atomic E-state index is 12.7. The average Bonchev–Trinajstić information content (AvgIpc) is 2.73. The van der Waals surface area contributed by atoms with Crippen LogP contribution in [0.2, 0.25) is 0 Å². The normalized spacial score (nSPS) is 14.0. The second-order valence-electron chi connectivity index (χ2n) is 6.12. The quantitative estimate of drug-likeness (QED) is 0.829. The fraction of sp³-hybridized carbons (Fsp3) is 0.350. The van der Waals surface area contributed by atoms with Gasteiger partial charge >= 0.3 is 6.09 Å². The standard InChI is InChI=1S/C20H23N3O4/c1-3-27-20(25)23-13-11-22(12-14-23)19(24)16-9-7-15(8-10-16)17-5-4-6-18(21-17)26-2/h4-10H,3,11-14H2,1-2H3. The Hall–Kier alpha value is -3.09. The summed E-state index contributed by atoms with van der Waals surface area (Å²) >= 11 is 0. The third-order valence-corrected chi connectivity index (χ3v) is 4.45. The molecule has 0 saturated carbocycles. The van der Waals surface area contributed by atoms with E-state index in [4.69, 9.17) is 9.47 Å². The molecule has 1 fully saturated rings. The van der Waals surface area contributed by atoms with Crippen molar-refractivity contribution in [2.75, 3.05) is 39.9 Å². The molecule has 0 aliphatic carbocycles. The number of carbonyl (C=O) groups is 2. The predicted molar refractivity (Wildman–Crippen MR) is 101 cm³/mol. The molecule has 0 spiro atoms. The minimum Gasteiger partial charge on any atom is -0.481 e. The van der Waals surface area contributed by atoms with E-state index < -0.39 is 0 Å². The number of aromatic nitrogens is 1. The zero-order chi connectivity index (χ0) is 19.2. The van der Waals surface area contributed by atoms with E-state index in [1.807, 2.05) is 24.3 Å². The van der Waals surface area contributed by atoms with Crippen LogP contribution < -0.4 is 4.74 Å². The molecular formula is C20H23N3O4. The van der Waals surface area contributed by atoms with Gasteiger partial charge in [0.2, 0.25) is 5.88 Å². The van der Waals surface area contributed by atoms with Crippen molar-refractivity contribution in [2.24, 2.45) is 0 Å². The lowest BCUT2D eigenvalue weighted by atomic mass is 10.1. The van der Waals surface area contributed by atoms with Gasteiger partial charge in [0.05, 0.1) is 19.4 Å². The Morgan fingerprint density at radius 3 is 2.30 bits per heavy atom. The lowest BCUT2D eigenvalue weighted by Crippen LogP contribution is -2.50. The van der Waals surface area contributed by atoms with Crippen molar-refractivity contribution in [1.82, 2.24) is 14.8 Å². The molecule has 0 radical (unpaired) electrons. The van der Waals surface area contributed by atoms with Crippen LogP contribution in [0.5, 0.6) is 5.88 Å². The van der Waals surface area contributed by atoms with Crippen molar-refractivity contribution in [3.63, 3.8) is 0 Å². The minimum atomic E-state index is -0.320. The molecule has 7 nitrogen and oxygen atoms in total. The summed E-state index contributed by atoms with van der Waals surface area (Å²) in [6.07, 6.45) is -0.320. The summed E-state index contributed by atoms with van der Waals surface area (Å²) in [5.41, 5.74) is 2.32. The van der Waals surface area contributed by atoms with Crippen molar-refractivity contribution in [2.45, 2.75) is 6.92 Å². The number of methoxy groups -OCH3 is 1. The van der Waals surface area contributed by atoms with Crippen molar-refractivity contribution >= 4 is 12.0 Å². The molecule has 1 aliphatic heterocycles. The number of pyridine rings is 1. The molecule has 1 aliphatic rings. The first-order valence-corrected chi connectivity index (χ1v) is 8.95. The zero-order valence-electron chi connectivity index (χ0n) is 15.6. The summed E-state index contributed by atoms with van der Waals surface area (Å²) in [4.78, 5) is 32.2. The lowest BCUT2D eigenvalue weighted by molar-refractivity contribution is 0.0570. The zero-order valence-corrected chi connectivity index (χ0v) is 15.6. The van der Waals surface area contributed by atoms with E-state index in [-0.39, 0.29) is 12.0 Å². The molecule has 2 heterocycles. The molecule has 1 saturated heterocycles. The maximum absolute atomic E-state index is 12.7. The van der Waals surface area contributed by atoms with Gasteiger partial charge in [-0.1, -0.05) is 18.2 Å². The molecule has 0 N–H and O–H groups in total. The highest BCUT2D eigenvalue weighted by Gasteiger charge is 2.25. The SMILES string of the molecule is CCOC(=O)N1CCN(C(=O)c2ccc(-c3cccc(OC)n3)cc2)CC1. The Balaban J connectivity index is 1.63. The topological polar surface area (TPSA) is 72.0 Å². The van der Waals surface area contributed by atoms with Gasteiger partial charge in [-0.3, -0.25) is 4.79 Å². The summed E-state index contributed by atoms with van der Waals surface area (Å²) in [5, 5.41) is 0. The monoisotopic (exact) mass is 369 g/mol. The summed E-state index contributed by atoms with van der Waals surface area (Å²) in [6, 6.07) is 12.9. The number of amides is 2. The molecule has 0 atom stereocenters. The van der Waals surface area contributed by atoms with E-state index in [2.05, 4.69) is 4.98 Å². The highest BCUT2D eigenvalue weighted by Crippen LogP contribution is 2.21. The number of hydrogen-bond donors (Lipinski definition) is 0. The highest BCUT2D eigenvalue weighted by atomic mass is 16.6. The van der Waals surface area contributed by atoms with Crippen LogP contribution in [0.3, 0.4) is 0 Å². The molecular weight excluding hydrogens is 346 g/mol. The molecule has 2 aromatic rings. The third-order valence-electron chi connectivity index (χ3n) is 4.45. The van der Waals surface area contributed by atoms with Crippen LogP contribution in [0, 0.1) is 0 Å². The van der Waals surface area contributed by atoms with Crippen molar-refractivity contribution in [1.29, 1.82) is 0 Å². The van der Waals surface area contributed by atoms with Gasteiger partial charge in [-0.25, -0.2) is 9.78 Å². The van der Waals surface area contributed by atoms with E-state index in [9.17, 15) is 9.59 Å².